The Kier molecular flexibility index (Phi) is 9.41. The molecule has 0 bridgehead atoms. The first-order chi connectivity index (χ1) is 14.6. The number of nitrogens with two attached hydrogens (primary N) is 1. The van der Waals surface area contributed by atoms with E-state index in [1.165, 1.54) is 47.3 Å². The van der Waals surface area contributed by atoms with Gasteiger partial charge in [0.2, 0.25) is 0 Å². The fourth-order valence-electron chi connectivity index (χ4n) is 2.48. The fraction of sp³-hybridized carbons (Fsp3) is 0.227. The lowest BCUT2D eigenvalue weighted by molar-refractivity contribution is -0.262. The first-order valence-electron chi connectivity index (χ1n) is 9.15. The largest absolute Gasteiger partial charge is 0.516 e. The van der Waals surface area contributed by atoms with Crippen LogP contribution in [0.3, 0.4) is 0 Å². The zero-order valence-corrected chi connectivity index (χ0v) is 17.1. The fourth-order valence-corrected chi connectivity index (χ4v) is 2.48. The van der Waals surface area contributed by atoms with Crippen LogP contribution in [0, 0.1) is 5.82 Å². The first-order valence-corrected chi connectivity index (χ1v) is 9.15. The van der Waals surface area contributed by atoms with Crippen LogP contribution in [-0.2, 0) is 5.60 Å². The molecule has 1 unspecified atom stereocenters. The lowest BCUT2D eigenvalue weighted by Crippen LogP contribution is -2.48. The number of hydrogen-bond acceptors (Lipinski definition) is 4. The van der Waals surface area contributed by atoms with E-state index in [2.05, 4.69) is 11.7 Å². The lowest BCUT2D eigenvalue weighted by atomic mass is 9.92. The third-order valence-electron chi connectivity index (χ3n) is 4.03. The summed E-state index contributed by atoms with van der Waals surface area (Å²) in [5.74, 6) is -0.407. The highest BCUT2D eigenvalue weighted by atomic mass is 19.4. The van der Waals surface area contributed by atoms with Gasteiger partial charge in [-0.3, -0.25) is 0 Å². The van der Waals surface area contributed by atoms with Crippen LogP contribution in [0.5, 0.6) is 0 Å². The predicted molar refractivity (Wildman–Crippen MR) is 113 cm³/mol. The quantitative estimate of drug-likeness (QED) is 0.300. The number of aromatic nitrogens is 2. The number of halogens is 4. The number of rotatable bonds is 3. The SMILES string of the molecule is C/C=C/O.C=CC.NCC(O)(c1ccc2c(cnn2-c2ccc(F)cc2)c1)C(F)(F)F. The van der Waals surface area contributed by atoms with E-state index in [1.807, 2.05) is 6.92 Å². The Morgan fingerprint density at radius 3 is 2.13 bits per heavy atom. The minimum atomic E-state index is -4.90. The van der Waals surface area contributed by atoms with Crippen molar-refractivity contribution in [2.24, 2.45) is 5.73 Å². The minimum absolute atomic E-state index is 0.358. The van der Waals surface area contributed by atoms with Gasteiger partial charge < -0.3 is 15.9 Å². The van der Waals surface area contributed by atoms with Gasteiger partial charge in [-0.15, -0.1) is 6.58 Å². The van der Waals surface area contributed by atoms with Crippen LogP contribution in [0.4, 0.5) is 17.6 Å². The number of aliphatic hydroxyl groups excluding tert-OH is 1. The van der Waals surface area contributed by atoms with Crippen LogP contribution in [0.25, 0.3) is 16.6 Å². The summed E-state index contributed by atoms with van der Waals surface area (Å²) >= 11 is 0. The Balaban J connectivity index is 0.000000604. The molecule has 0 saturated heterocycles. The molecule has 4 N–H and O–H groups in total. The molecule has 3 aromatic rings. The Bertz CT molecular complexity index is 994. The second kappa shape index (κ2) is 11.3. The van der Waals surface area contributed by atoms with Crippen molar-refractivity contribution in [2.45, 2.75) is 25.6 Å². The van der Waals surface area contributed by atoms with Gasteiger partial charge in [0.25, 0.3) is 0 Å². The summed E-state index contributed by atoms with van der Waals surface area (Å²) in [7, 11) is 0. The highest BCUT2D eigenvalue weighted by molar-refractivity contribution is 5.81. The molecule has 1 heterocycles. The van der Waals surface area contributed by atoms with Crippen LogP contribution in [0.2, 0.25) is 0 Å². The highest BCUT2D eigenvalue weighted by Crippen LogP contribution is 2.39. The molecule has 5 nitrogen and oxygen atoms in total. The topological polar surface area (TPSA) is 84.3 Å². The molecule has 31 heavy (non-hydrogen) atoms. The predicted octanol–water partition coefficient (Wildman–Crippen LogP) is 5.14. The molecule has 0 amide bonds. The van der Waals surface area contributed by atoms with E-state index < -0.39 is 24.1 Å². The Morgan fingerprint density at radius 2 is 1.68 bits per heavy atom. The molecule has 0 aliphatic heterocycles. The van der Waals surface area contributed by atoms with Gasteiger partial charge in [-0.05, 0) is 55.8 Å². The monoisotopic (exact) mass is 439 g/mol. The summed E-state index contributed by atoms with van der Waals surface area (Å²) in [5.41, 5.74) is 2.75. The average Bonchev–Trinajstić information content (AvgIpc) is 3.17. The van der Waals surface area contributed by atoms with Crippen molar-refractivity contribution in [3.63, 3.8) is 0 Å². The van der Waals surface area contributed by atoms with E-state index in [0.717, 1.165) is 12.3 Å². The summed E-state index contributed by atoms with van der Waals surface area (Å²) in [6, 6.07) is 9.28. The molecule has 2 aromatic carbocycles. The van der Waals surface area contributed by atoms with E-state index in [1.54, 1.807) is 19.1 Å². The standard InChI is InChI=1S/C16H13F4N3O.C3H6O.C3H6/c17-12-2-4-13(5-3-12)23-14-6-1-11(7-10(14)8-22-23)15(24,9-21)16(18,19)20;1-2-3-4;1-3-2/h1-8,24H,9,21H2;2-4H,1H3;3H,1H2,2H3/b;3-2+;. The van der Waals surface area contributed by atoms with Crippen molar-refractivity contribution in [2.75, 3.05) is 6.54 Å². The molecule has 0 saturated carbocycles. The lowest BCUT2D eigenvalue weighted by Gasteiger charge is -2.29. The molecule has 1 aromatic heterocycles. The molecule has 0 fully saturated rings. The van der Waals surface area contributed by atoms with Gasteiger partial charge in [0.05, 0.1) is 23.7 Å². The minimum Gasteiger partial charge on any atom is -0.516 e. The molecule has 1 atom stereocenters. The van der Waals surface area contributed by atoms with Gasteiger partial charge in [-0.2, -0.15) is 18.3 Å². The number of alkyl halides is 3. The zero-order chi connectivity index (χ0) is 23.7. The number of benzene rings is 2. The Morgan fingerprint density at radius 1 is 1.13 bits per heavy atom. The highest BCUT2D eigenvalue weighted by Gasteiger charge is 2.54. The Hall–Kier alpha value is -3.17. The number of nitrogens with zero attached hydrogens (tertiary/aromatic N) is 2. The number of hydrogen-bond donors (Lipinski definition) is 3. The van der Waals surface area contributed by atoms with E-state index in [-0.39, 0.29) is 5.56 Å². The van der Waals surface area contributed by atoms with Crippen molar-refractivity contribution in [1.29, 1.82) is 0 Å². The summed E-state index contributed by atoms with van der Waals surface area (Å²) < 4.78 is 53.8. The molecule has 0 spiro atoms. The van der Waals surface area contributed by atoms with Gasteiger partial charge in [-0.25, -0.2) is 9.07 Å². The number of fused-ring (bicyclic) bond motifs is 1. The third kappa shape index (κ3) is 6.16. The maximum atomic E-state index is 13.1. The van der Waals surface area contributed by atoms with E-state index in [0.29, 0.717) is 16.6 Å². The van der Waals surface area contributed by atoms with E-state index in [4.69, 9.17) is 10.8 Å². The maximum Gasteiger partial charge on any atom is 0.422 e. The number of aliphatic hydroxyl groups is 2. The van der Waals surface area contributed by atoms with E-state index >= 15 is 0 Å². The Labute approximate surface area is 177 Å². The van der Waals surface area contributed by atoms with Crippen molar-refractivity contribution < 1.29 is 27.8 Å². The summed E-state index contributed by atoms with van der Waals surface area (Å²) in [6.45, 7) is 6.01. The number of allylic oxidation sites excluding steroid dienone is 2. The van der Waals surface area contributed by atoms with Gasteiger partial charge in [-0.1, -0.05) is 18.2 Å². The third-order valence-corrected chi connectivity index (χ3v) is 4.03. The van der Waals surface area contributed by atoms with Gasteiger partial charge >= 0.3 is 6.18 Å². The van der Waals surface area contributed by atoms with Crippen LogP contribution >= 0.6 is 0 Å². The smallest absolute Gasteiger partial charge is 0.422 e. The summed E-state index contributed by atoms with van der Waals surface area (Å²) in [5, 5.41) is 22.1. The van der Waals surface area contributed by atoms with Crippen molar-refractivity contribution in [1.82, 2.24) is 9.78 Å². The van der Waals surface area contributed by atoms with Crippen LogP contribution in [0.15, 0.2) is 73.7 Å². The average molecular weight is 439 g/mol. The molecule has 9 heteroatoms. The molecule has 0 radical (unpaired) electrons. The second-order valence-corrected chi connectivity index (χ2v) is 6.26. The van der Waals surface area contributed by atoms with Crippen LogP contribution in [-0.4, -0.2) is 32.7 Å². The molecular formula is C22H25F4N3O2. The maximum absolute atomic E-state index is 13.1. The first kappa shape index (κ1) is 25.9. The molecule has 3 rings (SSSR count). The zero-order valence-electron chi connectivity index (χ0n) is 17.1. The van der Waals surface area contributed by atoms with Gasteiger partial charge in [0.15, 0.2) is 5.60 Å². The summed E-state index contributed by atoms with van der Waals surface area (Å²) in [4.78, 5) is 0. The summed E-state index contributed by atoms with van der Waals surface area (Å²) in [6.07, 6.45) is 0.776. The molecule has 0 aliphatic carbocycles. The van der Waals surface area contributed by atoms with Crippen LogP contribution in [0.1, 0.15) is 19.4 Å². The second-order valence-electron chi connectivity index (χ2n) is 6.26. The van der Waals surface area contributed by atoms with E-state index in [9.17, 15) is 22.7 Å². The van der Waals surface area contributed by atoms with Crippen molar-refractivity contribution >= 4 is 10.9 Å². The normalized spacial score (nSPS) is 13.0. The van der Waals surface area contributed by atoms with Crippen LogP contribution < -0.4 is 5.73 Å². The molecule has 168 valence electrons. The van der Waals surface area contributed by atoms with Gasteiger partial charge in [0.1, 0.15) is 5.82 Å². The van der Waals surface area contributed by atoms with Gasteiger partial charge in [0, 0.05) is 11.9 Å². The van der Waals surface area contributed by atoms with Crippen molar-refractivity contribution in [3.8, 4) is 5.69 Å². The molecule has 0 aliphatic rings. The van der Waals surface area contributed by atoms with Crippen molar-refractivity contribution in [3.05, 3.63) is 85.0 Å². The molecular weight excluding hydrogens is 414 g/mol.